The molecule has 2 nitrogen and oxygen atoms in total. The van der Waals surface area contributed by atoms with E-state index in [2.05, 4.69) is 0 Å². The molecule has 0 amide bonds. The van der Waals surface area contributed by atoms with Gasteiger partial charge in [-0.05, 0) is 18.6 Å². The summed E-state index contributed by atoms with van der Waals surface area (Å²) in [7, 11) is 0. The summed E-state index contributed by atoms with van der Waals surface area (Å²) in [5.74, 6) is -1.61. The van der Waals surface area contributed by atoms with Gasteiger partial charge in [-0.3, -0.25) is 0 Å². The standard InChI is InChI=1S/C9H8ClFO2/c1-5-7(9(12)13)3-2-6(4-10)8(5)11/h2-3H,4H2,1H3,(H,12,13). The van der Waals surface area contributed by atoms with E-state index in [1.54, 1.807) is 0 Å². The minimum atomic E-state index is -1.13. The highest BCUT2D eigenvalue weighted by molar-refractivity contribution is 6.17. The van der Waals surface area contributed by atoms with Gasteiger partial charge in [-0.2, -0.15) is 0 Å². The van der Waals surface area contributed by atoms with E-state index in [0.29, 0.717) is 5.56 Å². The molecule has 0 saturated carbocycles. The fourth-order valence-corrected chi connectivity index (χ4v) is 1.28. The van der Waals surface area contributed by atoms with Gasteiger partial charge < -0.3 is 5.11 Å². The van der Waals surface area contributed by atoms with E-state index >= 15 is 0 Å². The first kappa shape index (κ1) is 9.99. The van der Waals surface area contributed by atoms with E-state index in [4.69, 9.17) is 16.7 Å². The van der Waals surface area contributed by atoms with Crippen molar-refractivity contribution < 1.29 is 14.3 Å². The number of hydrogen-bond acceptors (Lipinski definition) is 1. The Kier molecular flexibility index (Phi) is 2.88. The fraction of sp³-hybridized carbons (Fsp3) is 0.222. The van der Waals surface area contributed by atoms with E-state index in [1.807, 2.05) is 0 Å². The van der Waals surface area contributed by atoms with Crippen molar-refractivity contribution in [1.29, 1.82) is 0 Å². The van der Waals surface area contributed by atoms with Gasteiger partial charge >= 0.3 is 5.97 Å². The van der Waals surface area contributed by atoms with Crippen molar-refractivity contribution in [2.24, 2.45) is 0 Å². The molecule has 0 spiro atoms. The van der Waals surface area contributed by atoms with E-state index in [9.17, 15) is 9.18 Å². The zero-order valence-electron chi connectivity index (χ0n) is 6.97. The number of rotatable bonds is 2. The summed E-state index contributed by atoms with van der Waals surface area (Å²) >= 11 is 5.45. The molecule has 0 bridgehead atoms. The van der Waals surface area contributed by atoms with Gasteiger partial charge in [0.25, 0.3) is 0 Å². The summed E-state index contributed by atoms with van der Waals surface area (Å²) in [6, 6.07) is 2.75. The first-order valence-electron chi connectivity index (χ1n) is 3.65. The smallest absolute Gasteiger partial charge is 0.336 e. The number of aromatic carboxylic acids is 1. The van der Waals surface area contributed by atoms with Gasteiger partial charge in [0.2, 0.25) is 0 Å². The zero-order valence-corrected chi connectivity index (χ0v) is 7.73. The monoisotopic (exact) mass is 202 g/mol. The molecule has 0 atom stereocenters. The van der Waals surface area contributed by atoms with Gasteiger partial charge in [-0.25, -0.2) is 9.18 Å². The van der Waals surface area contributed by atoms with Gasteiger partial charge in [-0.1, -0.05) is 6.07 Å². The van der Waals surface area contributed by atoms with Crippen molar-refractivity contribution in [1.82, 2.24) is 0 Å². The molecule has 70 valence electrons. The van der Waals surface area contributed by atoms with Gasteiger partial charge in [0.05, 0.1) is 11.4 Å². The topological polar surface area (TPSA) is 37.3 Å². The molecule has 1 N–H and O–H groups in total. The van der Waals surface area contributed by atoms with E-state index < -0.39 is 11.8 Å². The van der Waals surface area contributed by atoms with Crippen LogP contribution in [-0.2, 0) is 5.88 Å². The number of carbonyl (C=O) groups is 1. The minimum Gasteiger partial charge on any atom is -0.478 e. The van der Waals surface area contributed by atoms with E-state index in [-0.39, 0.29) is 17.0 Å². The number of benzene rings is 1. The molecule has 0 aliphatic carbocycles. The summed E-state index contributed by atoms with van der Waals surface area (Å²) in [5.41, 5.74) is 0.432. The average Bonchev–Trinajstić information content (AvgIpc) is 2.09. The Morgan fingerprint density at radius 2 is 2.23 bits per heavy atom. The molecule has 1 rings (SSSR count). The van der Waals surface area contributed by atoms with Gasteiger partial charge in [0, 0.05) is 5.56 Å². The van der Waals surface area contributed by atoms with Crippen molar-refractivity contribution in [2.75, 3.05) is 0 Å². The van der Waals surface area contributed by atoms with Crippen LogP contribution < -0.4 is 0 Å². The van der Waals surface area contributed by atoms with Gasteiger partial charge in [0.15, 0.2) is 0 Å². The lowest BCUT2D eigenvalue weighted by Gasteiger charge is -2.05. The van der Waals surface area contributed by atoms with Gasteiger partial charge in [0.1, 0.15) is 5.82 Å². The second kappa shape index (κ2) is 3.75. The zero-order chi connectivity index (χ0) is 10.0. The largest absolute Gasteiger partial charge is 0.478 e. The van der Waals surface area contributed by atoms with Crippen LogP contribution in [0.1, 0.15) is 21.5 Å². The Balaban J connectivity index is 3.31. The van der Waals surface area contributed by atoms with Crippen molar-refractivity contribution in [3.8, 4) is 0 Å². The van der Waals surface area contributed by atoms with Crippen LogP contribution in [0.3, 0.4) is 0 Å². The summed E-state index contributed by atoms with van der Waals surface area (Å²) in [4.78, 5) is 10.6. The summed E-state index contributed by atoms with van der Waals surface area (Å²) in [6.07, 6.45) is 0. The molecule has 13 heavy (non-hydrogen) atoms. The SMILES string of the molecule is Cc1c(C(=O)O)ccc(CCl)c1F. The lowest BCUT2D eigenvalue weighted by atomic mass is 10.1. The third-order valence-electron chi connectivity index (χ3n) is 1.84. The highest BCUT2D eigenvalue weighted by Crippen LogP contribution is 2.18. The fourth-order valence-electron chi connectivity index (χ4n) is 1.08. The second-order valence-corrected chi connectivity index (χ2v) is 2.92. The number of alkyl halides is 1. The molecule has 0 aromatic heterocycles. The molecule has 0 heterocycles. The Labute approximate surface area is 80.0 Å². The van der Waals surface area contributed by atoms with Crippen LogP contribution in [0.2, 0.25) is 0 Å². The third-order valence-corrected chi connectivity index (χ3v) is 2.13. The Morgan fingerprint density at radius 3 is 2.69 bits per heavy atom. The number of halogens is 2. The molecule has 1 aromatic rings. The average molecular weight is 203 g/mol. The Hall–Kier alpha value is -1.09. The predicted octanol–water partition coefficient (Wildman–Crippen LogP) is 2.57. The lowest BCUT2D eigenvalue weighted by molar-refractivity contribution is 0.0695. The Bertz CT molecular complexity index is 350. The van der Waals surface area contributed by atoms with Crippen LogP contribution in [0.4, 0.5) is 4.39 Å². The molecular weight excluding hydrogens is 195 g/mol. The summed E-state index contributed by atoms with van der Waals surface area (Å²) in [6.45, 7) is 1.43. The maximum absolute atomic E-state index is 13.3. The number of hydrogen-bond donors (Lipinski definition) is 1. The number of carboxylic acids is 1. The van der Waals surface area contributed by atoms with Crippen LogP contribution in [0, 0.1) is 12.7 Å². The molecule has 0 unspecified atom stereocenters. The van der Waals surface area contributed by atoms with Crippen LogP contribution in [0.15, 0.2) is 12.1 Å². The van der Waals surface area contributed by atoms with Gasteiger partial charge in [-0.15, -0.1) is 11.6 Å². The van der Waals surface area contributed by atoms with Crippen molar-refractivity contribution >= 4 is 17.6 Å². The van der Waals surface area contributed by atoms with Crippen LogP contribution in [0.5, 0.6) is 0 Å². The molecule has 0 radical (unpaired) electrons. The van der Waals surface area contributed by atoms with Crippen LogP contribution in [-0.4, -0.2) is 11.1 Å². The third kappa shape index (κ3) is 1.80. The predicted molar refractivity (Wildman–Crippen MR) is 47.7 cm³/mol. The first-order chi connectivity index (χ1) is 6.07. The number of carboxylic acid groups (broad SMARTS) is 1. The maximum atomic E-state index is 13.3. The second-order valence-electron chi connectivity index (χ2n) is 2.65. The minimum absolute atomic E-state index is 0.0219. The summed E-state index contributed by atoms with van der Waals surface area (Å²) in [5, 5.41) is 8.65. The summed E-state index contributed by atoms with van der Waals surface area (Å²) < 4.78 is 13.3. The molecular formula is C9H8ClFO2. The van der Waals surface area contributed by atoms with Crippen molar-refractivity contribution in [2.45, 2.75) is 12.8 Å². The maximum Gasteiger partial charge on any atom is 0.336 e. The molecule has 4 heteroatoms. The lowest BCUT2D eigenvalue weighted by Crippen LogP contribution is -2.03. The molecule has 0 aliphatic rings. The first-order valence-corrected chi connectivity index (χ1v) is 4.18. The van der Waals surface area contributed by atoms with E-state index in [1.165, 1.54) is 19.1 Å². The van der Waals surface area contributed by atoms with Crippen LogP contribution in [0.25, 0.3) is 0 Å². The normalized spacial score (nSPS) is 10.1. The molecule has 1 aromatic carbocycles. The highest BCUT2D eigenvalue weighted by Gasteiger charge is 2.13. The van der Waals surface area contributed by atoms with E-state index in [0.717, 1.165) is 0 Å². The Morgan fingerprint density at radius 1 is 1.62 bits per heavy atom. The highest BCUT2D eigenvalue weighted by atomic mass is 35.5. The molecule has 0 fully saturated rings. The molecule has 0 saturated heterocycles. The quantitative estimate of drug-likeness (QED) is 0.749. The van der Waals surface area contributed by atoms with Crippen molar-refractivity contribution in [3.05, 3.63) is 34.6 Å². The van der Waals surface area contributed by atoms with Crippen LogP contribution >= 0.6 is 11.6 Å². The molecule has 0 aliphatic heterocycles. The van der Waals surface area contributed by atoms with Crippen molar-refractivity contribution in [3.63, 3.8) is 0 Å².